The summed E-state index contributed by atoms with van der Waals surface area (Å²) in [5.74, 6) is 0.782. The van der Waals surface area contributed by atoms with Gasteiger partial charge in [0.05, 0.1) is 5.71 Å². The number of aryl methyl sites for hydroxylation is 1. The second-order valence-electron chi connectivity index (χ2n) is 4.98. The molecule has 0 spiro atoms. The fraction of sp³-hybridized carbons (Fsp3) is 0.176. The van der Waals surface area contributed by atoms with Crippen LogP contribution in [-0.2, 0) is 0 Å². The van der Waals surface area contributed by atoms with Crippen molar-refractivity contribution < 1.29 is 4.74 Å². The molecule has 104 valence electrons. The summed E-state index contributed by atoms with van der Waals surface area (Å²) in [7, 11) is 0. The van der Waals surface area contributed by atoms with Gasteiger partial charge in [0.1, 0.15) is 11.9 Å². The zero-order valence-corrected chi connectivity index (χ0v) is 13.1. The van der Waals surface area contributed by atoms with Crippen molar-refractivity contribution in [2.45, 2.75) is 19.4 Å². The van der Waals surface area contributed by atoms with Crippen LogP contribution in [0.3, 0.4) is 0 Å². The molecular weight excluding hydrogens is 328 g/mol. The third-order valence-electron chi connectivity index (χ3n) is 3.58. The van der Waals surface area contributed by atoms with Gasteiger partial charge in [0.15, 0.2) is 0 Å². The van der Waals surface area contributed by atoms with E-state index in [-0.39, 0.29) is 6.10 Å². The number of hydrogen-bond donors (Lipinski definition) is 0. The van der Waals surface area contributed by atoms with E-state index in [2.05, 4.69) is 20.9 Å². The molecule has 3 rings (SSSR count). The van der Waals surface area contributed by atoms with Crippen molar-refractivity contribution in [3.8, 4) is 11.9 Å². The molecule has 1 aliphatic heterocycles. The average Bonchev–Trinajstić information content (AvgIpc) is 2.50. The molecule has 0 saturated heterocycles. The number of nitriles is 1. The SMILES string of the molecule is Cc1cc2c(cc1Br)/C(=N/C#N)CC(c1ccccc1)O2. The molecule has 1 atom stereocenters. The highest BCUT2D eigenvalue weighted by atomic mass is 79.9. The molecule has 0 bridgehead atoms. The largest absolute Gasteiger partial charge is 0.485 e. The van der Waals surface area contributed by atoms with Crippen molar-refractivity contribution in [3.05, 3.63) is 63.6 Å². The number of rotatable bonds is 1. The maximum Gasteiger partial charge on any atom is 0.205 e. The molecule has 4 heteroatoms. The first-order valence-electron chi connectivity index (χ1n) is 6.67. The highest BCUT2D eigenvalue weighted by molar-refractivity contribution is 9.10. The molecule has 1 aliphatic rings. The fourth-order valence-corrected chi connectivity index (χ4v) is 2.82. The lowest BCUT2D eigenvalue weighted by atomic mass is 9.95. The third kappa shape index (κ3) is 2.70. The van der Waals surface area contributed by atoms with Crippen LogP contribution in [0.15, 0.2) is 51.9 Å². The van der Waals surface area contributed by atoms with Crippen molar-refractivity contribution in [2.75, 3.05) is 0 Å². The highest BCUT2D eigenvalue weighted by Crippen LogP contribution is 2.38. The quantitative estimate of drug-likeness (QED) is 0.714. The smallest absolute Gasteiger partial charge is 0.205 e. The van der Waals surface area contributed by atoms with Crippen LogP contribution in [0, 0.1) is 18.4 Å². The fourth-order valence-electron chi connectivity index (χ4n) is 2.48. The number of hydrogen-bond acceptors (Lipinski definition) is 3. The highest BCUT2D eigenvalue weighted by Gasteiger charge is 2.27. The van der Waals surface area contributed by atoms with E-state index < -0.39 is 0 Å². The lowest BCUT2D eigenvalue weighted by Gasteiger charge is -2.27. The first kappa shape index (κ1) is 13.8. The minimum atomic E-state index is -0.105. The number of fused-ring (bicyclic) bond motifs is 1. The first-order chi connectivity index (χ1) is 10.2. The van der Waals surface area contributed by atoms with Gasteiger partial charge < -0.3 is 4.74 Å². The monoisotopic (exact) mass is 340 g/mol. The average molecular weight is 341 g/mol. The lowest BCUT2D eigenvalue weighted by Crippen LogP contribution is -2.21. The topological polar surface area (TPSA) is 45.4 Å². The number of nitrogens with zero attached hydrogens (tertiary/aromatic N) is 2. The zero-order chi connectivity index (χ0) is 14.8. The van der Waals surface area contributed by atoms with Gasteiger partial charge >= 0.3 is 0 Å². The van der Waals surface area contributed by atoms with Gasteiger partial charge in [-0.3, -0.25) is 0 Å². The predicted octanol–water partition coefficient (Wildman–Crippen LogP) is 4.55. The van der Waals surface area contributed by atoms with Gasteiger partial charge in [-0.1, -0.05) is 46.3 Å². The number of aliphatic imine (C=N–C) groups is 1. The van der Waals surface area contributed by atoms with Crippen LogP contribution in [0.25, 0.3) is 0 Å². The second kappa shape index (κ2) is 5.71. The molecule has 2 aromatic carbocycles. The van der Waals surface area contributed by atoms with Crippen molar-refractivity contribution in [2.24, 2.45) is 4.99 Å². The zero-order valence-electron chi connectivity index (χ0n) is 11.5. The second-order valence-corrected chi connectivity index (χ2v) is 5.83. The number of ether oxygens (including phenoxy) is 1. The molecule has 2 aromatic rings. The van der Waals surface area contributed by atoms with E-state index in [0.717, 1.165) is 32.6 Å². The number of halogens is 1. The van der Waals surface area contributed by atoms with E-state index >= 15 is 0 Å². The van der Waals surface area contributed by atoms with E-state index in [1.807, 2.05) is 55.6 Å². The Morgan fingerprint density at radius 3 is 2.76 bits per heavy atom. The van der Waals surface area contributed by atoms with Crippen LogP contribution >= 0.6 is 15.9 Å². The van der Waals surface area contributed by atoms with Crippen LogP contribution in [0.1, 0.15) is 29.2 Å². The first-order valence-corrected chi connectivity index (χ1v) is 7.46. The Kier molecular flexibility index (Phi) is 3.76. The number of benzene rings is 2. The molecule has 0 aliphatic carbocycles. The van der Waals surface area contributed by atoms with Crippen LogP contribution < -0.4 is 4.74 Å². The van der Waals surface area contributed by atoms with E-state index in [4.69, 9.17) is 10.00 Å². The molecule has 1 unspecified atom stereocenters. The van der Waals surface area contributed by atoms with Crippen LogP contribution in [0.5, 0.6) is 5.75 Å². The molecule has 21 heavy (non-hydrogen) atoms. The molecule has 0 N–H and O–H groups in total. The van der Waals surface area contributed by atoms with Gasteiger partial charge in [0.2, 0.25) is 6.19 Å². The van der Waals surface area contributed by atoms with E-state index in [1.54, 1.807) is 0 Å². The van der Waals surface area contributed by atoms with Gasteiger partial charge in [0.25, 0.3) is 0 Å². The molecule has 0 amide bonds. The summed E-state index contributed by atoms with van der Waals surface area (Å²) in [6.07, 6.45) is 2.39. The van der Waals surface area contributed by atoms with Gasteiger partial charge in [-0.05, 0) is 30.2 Å². The predicted molar refractivity (Wildman–Crippen MR) is 85.5 cm³/mol. The lowest BCUT2D eigenvalue weighted by molar-refractivity contribution is 0.206. The maximum atomic E-state index is 8.93. The summed E-state index contributed by atoms with van der Waals surface area (Å²) >= 11 is 3.52. The van der Waals surface area contributed by atoms with Crippen molar-refractivity contribution >= 4 is 21.6 Å². The summed E-state index contributed by atoms with van der Waals surface area (Å²) in [4.78, 5) is 3.99. The maximum absolute atomic E-state index is 8.93. The van der Waals surface area contributed by atoms with E-state index in [0.29, 0.717) is 6.42 Å². The van der Waals surface area contributed by atoms with Gasteiger partial charge in [-0.2, -0.15) is 10.3 Å². The summed E-state index contributed by atoms with van der Waals surface area (Å²) < 4.78 is 7.11. The molecule has 0 radical (unpaired) electrons. The Bertz CT molecular complexity index is 747. The summed E-state index contributed by atoms with van der Waals surface area (Å²) in [5, 5.41) is 8.93. The minimum absolute atomic E-state index is 0.105. The normalized spacial score (nSPS) is 18.7. The van der Waals surface area contributed by atoms with Gasteiger partial charge in [-0.15, -0.1) is 0 Å². The summed E-state index contributed by atoms with van der Waals surface area (Å²) in [6, 6.07) is 14.0. The van der Waals surface area contributed by atoms with Crippen LogP contribution in [0.4, 0.5) is 0 Å². The van der Waals surface area contributed by atoms with Crippen LogP contribution in [-0.4, -0.2) is 5.71 Å². The van der Waals surface area contributed by atoms with Gasteiger partial charge in [0, 0.05) is 16.5 Å². The Hall–Kier alpha value is -2.12. The molecule has 0 fully saturated rings. The Morgan fingerprint density at radius 2 is 2.05 bits per heavy atom. The van der Waals surface area contributed by atoms with E-state index in [1.165, 1.54) is 0 Å². The Labute approximate surface area is 132 Å². The summed E-state index contributed by atoms with van der Waals surface area (Å²) in [5.41, 5.74) is 3.85. The Balaban J connectivity index is 2.08. The van der Waals surface area contributed by atoms with Gasteiger partial charge in [-0.25, -0.2) is 0 Å². The minimum Gasteiger partial charge on any atom is -0.485 e. The van der Waals surface area contributed by atoms with Crippen molar-refractivity contribution in [3.63, 3.8) is 0 Å². The summed E-state index contributed by atoms with van der Waals surface area (Å²) in [6.45, 7) is 2.01. The van der Waals surface area contributed by atoms with Crippen molar-refractivity contribution in [1.82, 2.24) is 0 Å². The standard InChI is InChI=1S/C17H13BrN2O/c1-11-7-17-13(8-14(11)18)15(20-10-19)9-16(21-17)12-5-3-2-4-6-12/h2-8,16H,9H2,1H3/b20-15+. The van der Waals surface area contributed by atoms with Crippen molar-refractivity contribution in [1.29, 1.82) is 5.26 Å². The molecule has 1 heterocycles. The third-order valence-corrected chi connectivity index (χ3v) is 4.43. The molecule has 0 aromatic heterocycles. The molecular formula is C17H13BrN2O. The Morgan fingerprint density at radius 1 is 1.29 bits per heavy atom. The molecule has 3 nitrogen and oxygen atoms in total. The van der Waals surface area contributed by atoms with Crippen LogP contribution in [0.2, 0.25) is 0 Å². The van der Waals surface area contributed by atoms with E-state index in [9.17, 15) is 0 Å². The molecule has 0 saturated carbocycles.